The molecule has 0 spiro atoms. The number of hydrogen-bond acceptors (Lipinski definition) is 4. The summed E-state index contributed by atoms with van der Waals surface area (Å²) in [6, 6.07) is 18.1. The Morgan fingerprint density at radius 2 is 1.70 bits per heavy atom. The van der Waals surface area contributed by atoms with Gasteiger partial charge in [0.1, 0.15) is 12.6 Å². The predicted octanol–water partition coefficient (Wildman–Crippen LogP) is 2.34. The monoisotopic (exact) mass is 366 g/mol. The summed E-state index contributed by atoms with van der Waals surface area (Å²) in [6.07, 6.45) is -0.513. The molecule has 2 aliphatic rings. The van der Waals surface area contributed by atoms with E-state index < -0.39 is 17.7 Å². The number of aliphatic hydroxyl groups is 1. The van der Waals surface area contributed by atoms with Gasteiger partial charge in [-0.25, -0.2) is 4.79 Å². The van der Waals surface area contributed by atoms with Crippen molar-refractivity contribution in [3.05, 3.63) is 71.8 Å². The van der Waals surface area contributed by atoms with E-state index in [2.05, 4.69) is 0 Å². The van der Waals surface area contributed by atoms with Gasteiger partial charge in [0, 0.05) is 6.54 Å². The van der Waals surface area contributed by atoms with E-state index in [1.54, 1.807) is 4.90 Å². The van der Waals surface area contributed by atoms with Crippen molar-refractivity contribution >= 4 is 12.0 Å². The number of hydrogen-bond donors (Lipinski definition) is 1. The summed E-state index contributed by atoms with van der Waals surface area (Å²) in [7, 11) is 0. The average molecular weight is 366 g/mol. The van der Waals surface area contributed by atoms with Gasteiger partial charge in [-0.15, -0.1) is 0 Å². The van der Waals surface area contributed by atoms with Crippen LogP contribution in [-0.2, 0) is 16.1 Å². The molecule has 2 aromatic rings. The Kier molecular flexibility index (Phi) is 4.36. The lowest BCUT2D eigenvalue weighted by Gasteiger charge is -2.57. The van der Waals surface area contributed by atoms with Crippen LogP contribution in [0.1, 0.15) is 24.1 Å². The number of aliphatic hydroxyl groups excluding tert-OH is 1. The van der Waals surface area contributed by atoms with Crippen LogP contribution in [0.25, 0.3) is 0 Å². The van der Waals surface area contributed by atoms with Crippen LogP contribution in [-0.4, -0.2) is 51.7 Å². The maximum Gasteiger partial charge on any atom is 0.411 e. The molecule has 0 radical (unpaired) electrons. The first-order valence-corrected chi connectivity index (χ1v) is 9.02. The highest BCUT2D eigenvalue weighted by atomic mass is 16.6. The van der Waals surface area contributed by atoms with Gasteiger partial charge in [-0.3, -0.25) is 9.69 Å². The highest BCUT2D eigenvalue weighted by Crippen LogP contribution is 2.42. The smallest absolute Gasteiger partial charge is 0.411 e. The number of nitrogens with zero attached hydrogens (tertiary/aromatic N) is 2. The number of likely N-dealkylation sites (tertiary alicyclic amines) is 1. The Hall–Kier alpha value is -2.86. The van der Waals surface area contributed by atoms with Crippen molar-refractivity contribution in [2.45, 2.75) is 31.1 Å². The van der Waals surface area contributed by atoms with Crippen LogP contribution in [0.3, 0.4) is 0 Å². The van der Waals surface area contributed by atoms with E-state index in [0.717, 1.165) is 11.1 Å². The van der Waals surface area contributed by atoms with Gasteiger partial charge in [0.2, 0.25) is 5.91 Å². The van der Waals surface area contributed by atoms with E-state index in [1.165, 1.54) is 4.90 Å². The summed E-state index contributed by atoms with van der Waals surface area (Å²) < 4.78 is 5.26. The summed E-state index contributed by atoms with van der Waals surface area (Å²) >= 11 is 0. The minimum atomic E-state index is -0.858. The van der Waals surface area contributed by atoms with E-state index in [-0.39, 0.29) is 25.2 Å². The topological polar surface area (TPSA) is 70.1 Å². The molecule has 0 bridgehead atoms. The second kappa shape index (κ2) is 6.70. The number of ether oxygens (including phenoxy) is 1. The van der Waals surface area contributed by atoms with Crippen LogP contribution in [0, 0.1) is 0 Å². The summed E-state index contributed by atoms with van der Waals surface area (Å²) in [6.45, 7) is 2.18. The summed E-state index contributed by atoms with van der Waals surface area (Å²) in [5, 5.41) is 10.1. The molecular formula is C21H22N2O4. The van der Waals surface area contributed by atoms with Gasteiger partial charge < -0.3 is 14.7 Å². The molecule has 6 nitrogen and oxygen atoms in total. The molecule has 2 amide bonds. The maximum atomic E-state index is 13.0. The fourth-order valence-corrected chi connectivity index (χ4v) is 4.01. The number of carbonyl (C=O) groups is 2. The summed E-state index contributed by atoms with van der Waals surface area (Å²) in [5.41, 5.74) is 1.04. The van der Waals surface area contributed by atoms with Crippen LogP contribution in [0.4, 0.5) is 4.79 Å². The van der Waals surface area contributed by atoms with Gasteiger partial charge in [-0.2, -0.15) is 0 Å². The lowest BCUT2D eigenvalue weighted by molar-refractivity contribution is -0.178. The number of carbonyl (C=O) groups excluding carboxylic acids is 2. The van der Waals surface area contributed by atoms with Gasteiger partial charge >= 0.3 is 6.09 Å². The van der Waals surface area contributed by atoms with Crippen molar-refractivity contribution in [2.75, 3.05) is 13.2 Å². The Balaban J connectivity index is 1.62. The van der Waals surface area contributed by atoms with E-state index in [9.17, 15) is 14.7 Å². The van der Waals surface area contributed by atoms with Gasteiger partial charge in [0.15, 0.2) is 0 Å². The van der Waals surface area contributed by atoms with Gasteiger partial charge in [-0.05, 0) is 18.1 Å². The highest BCUT2D eigenvalue weighted by molar-refractivity contribution is 5.94. The molecule has 6 heteroatoms. The minimum absolute atomic E-state index is 0.171. The zero-order valence-electron chi connectivity index (χ0n) is 15.1. The fourth-order valence-electron chi connectivity index (χ4n) is 4.01. The zero-order valence-corrected chi connectivity index (χ0v) is 15.1. The molecule has 3 atom stereocenters. The van der Waals surface area contributed by atoms with Gasteiger partial charge in [-0.1, -0.05) is 60.7 Å². The molecule has 4 rings (SSSR count). The van der Waals surface area contributed by atoms with Crippen LogP contribution >= 0.6 is 0 Å². The Morgan fingerprint density at radius 1 is 1.07 bits per heavy atom. The van der Waals surface area contributed by atoms with Crippen molar-refractivity contribution in [3.8, 4) is 0 Å². The second-order valence-corrected chi connectivity index (χ2v) is 7.24. The molecule has 0 unspecified atom stereocenters. The predicted molar refractivity (Wildman–Crippen MR) is 98.6 cm³/mol. The zero-order chi connectivity index (χ0) is 19.0. The first kappa shape index (κ1) is 17.5. The standard InChI is InChI=1S/C21H22N2O4/c1-21(14-24)18(19(25)22(21)12-15-8-4-2-5-9-15)23-17(13-27-20(23)26)16-10-6-3-7-11-16/h2-11,17-18,24H,12-14H2,1H3/t17-,18-,21-/m1/s1. The van der Waals surface area contributed by atoms with Crippen LogP contribution in [0.2, 0.25) is 0 Å². The molecular weight excluding hydrogens is 344 g/mol. The van der Waals surface area contributed by atoms with Crippen molar-refractivity contribution in [2.24, 2.45) is 0 Å². The lowest BCUT2D eigenvalue weighted by Crippen LogP contribution is -2.79. The minimum Gasteiger partial charge on any atom is -0.447 e. The van der Waals surface area contributed by atoms with E-state index >= 15 is 0 Å². The first-order chi connectivity index (χ1) is 13.1. The van der Waals surface area contributed by atoms with Crippen LogP contribution in [0.5, 0.6) is 0 Å². The number of benzene rings is 2. The number of rotatable bonds is 5. The SMILES string of the molecule is C[C@@]1(CO)[C@H](N2C(=O)OC[C@@H]2c2ccccc2)C(=O)N1Cc1ccccc1. The van der Waals surface area contributed by atoms with Crippen molar-refractivity contribution < 1.29 is 19.4 Å². The summed E-state index contributed by atoms with van der Waals surface area (Å²) in [4.78, 5) is 28.6. The number of amides is 2. The van der Waals surface area contributed by atoms with Crippen molar-refractivity contribution in [1.82, 2.24) is 9.80 Å². The Morgan fingerprint density at radius 3 is 2.33 bits per heavy atom. The molecule has 2 heterocycles. The van der Waals surface area contributed by atoms with Gasteiger partial charge in [0.25, 0.3) is 0 Å². The van der Waals surface area contributed by atoms with Crippen LogP contribution < -0.4 is 0 Å². The molecule has 2 fully saturated rings. The molecule has 1 N–H and O–H groups in total. The number of β-lactam (4-membered cyclic amide) rings is 1. The molecule has 2 aromatic carbocycles. The molecule has 0 aromatic heterocycles. The van der Waals surface area contributed by atoms with Crippen molar-refractivity contribution in [3.63, 3.8) is 0 Å². The van der Waals surface area contributed by atoms with E-state index in [1.807, 2.05) is 67.6 Å². The molecule has 27 heavy (non-hydrogen) atoms. The normalized spacial score (nSPS) is 27.5. The highest BCUT2D eigenvalue weighted by Gasteiger charge is 2.62. The largest absolute Gasteiger partial charge is 0.447 e. The lowest BCUT2D eigenvalue weighted by atomic mass is 9.78. The van der Waals surface area contributed by atoms with Crippen molar-refractivity contribution in [1.29, 1.82) is 0 Å². The second-order valence-electron chi connectivity index (χ2n) is 7.24. The Labute approximate surface area is 158 Å². The quantitative estimate of drug-likeness (QED) is 0.825. The molecule has 2 saturated heterocycles. The first-order valence-electron chi connectivity index (χ1n) is 9.02. The van der Waals surface area contributed by atoms with E-state index in [0.29, 0.717) is 6.54 Å². The number of cyclic esters (lactones) is 1. The molecule has 140 valence electrons. The fraction of sp³-hybridized carbons (Fsp3) is 0.333. The third-order valence-electron chi connectivity index (χ3n) is 5.58. The molecule has 2 aliphatic heterocycles. The molecule has 0 saturated carbocycles. The maximum absolute atomic E-state index is 13.0. The third kappa shape index (κ3) is 2.77. The summed E-state index contributed by atoms with van der Waals surface area (Å²) in [5.74, 6) is -0.171. The van der Waals surface area contributed by atoms with Gasteiger partial charge in [0.05, 0.1) is 18.2 Å². The Bertz CT molecular complexity index is 842. The average Bonchev–Trinajstić information content (AvgIpc) is 3.08. The molecule has 0 aliphatic carbocycles. The van der Waals surface area contributed by atoms with E-state index in [4.69, 9.17) is 4.74 Å². The third-order valence-corrected chi connectivity index (χ3v) is 5.58. The van der Waals surface area contributed by atoms with Crippen LogP contribution in [0.15, 0.2) is 60.7 Å².